The molecule has 0 amide bonds. The Hall–Kier alpha value is -2.37. The molecule has 0 aliphatic heterocycles. The van der Waals surface area contributed by atoms with Crippen molar-refractivity contribution in [3.8, 4) is 5.75 Å². The predicted molar refractivity (Wildman–Crippen MR) is 52.3 cm³/mol. The maximum absolute atomic E-state index is 13.1. The van der Waals surface area contributed by atoms with Crippen LogP contribution in [0.5, 0.6) is 5.75 Å². The van der Waals surface area contributed by atoms with Gasteiger partial charge in [-0.1, -0.05) is 17.3 Å². The number of ether oxygens (including phenoxy) is 1. The summed E-state index contributed by atoms with van der Waals surface area (Å²) in [5.74, 6) is -1.65. The van der Waals surface area contributed by atoms with E-state index < -0.39 is 11.8 Å². The van der Waals surface area contributed by atoms with Crippen LogP contribution in [0.1, 0.15) is 10.5 Å². The van der Waals surface area contributed by atoms with Gasteiger partial charge in [0.05, 0.1) is 0 Å². The molecule has 0 fully saturated rings. The molecule has 2 N–H and O–H groups in total. The van der Waals surface area contributed by atoms with Gasteiger partial charge in [0.1, 0.15) is 0 Å². The number of nitrogens with zero attached hydrogens (tertiary/aromatic N) is 1. The number of nitrogen functional groups attached to an aromatic ring is 1. The number of aromatic nitrogens is 1. The van der Waals surface area contributed by atoms with Crippen molar-refractivity contribution in [2.75, 3.05) is 5.73 Å². The number of carbonyl (C=O) groups is 1. The Bertz CT molecular complexity index is 524. The lowest BCUT2D eigenvalue weighted by molar-refractivity contribution is 0.0717. The Morgan fingerprint density at radius 1 is 1.44 bits per heavy atom. The molecule has 0 bridgehead atoms. The molecule has 0 aliphatic rings. The summed E-state index contributed by atoms with van der Waals surface area (Å²) in [5, 5.41) is 3.34. The van der Waals surface area contributed by atoms with E-state index in [1.54, 1.807) is 6.07 Å². The molecule has 16 heavy (non-hydrogen) atoms. The Balaban J connectivity index is 2.17. The van der Waals surface area contributed by atoms with Gasteiger partial charge in [-0.05, 0) is 12.1 Å². The monoisotopic (exact) mass is 222 g/mol. The van der Waals surface area contributed by atoms with E-state index in [0.29, 0.717) is 0 Å². The fourth-order valence-corrected chi connectivity index (χ4v) is 1.07. The number of halogens is 1. The summed E-state index contributed by atoms with van der Waals surface area (Å²) in [6.45, 7) is 0. The summed E-state index contributed by atoms with van der Waals surface area (Å²) in [5.41, 5.74) is 5.12. The molecular weight excluding hydrogens is 215 g/mol. The average molecular weight is 222 g/mol. The number of nitrogens with two attached hydrogens (primary N) is 1. The third-order valence-electron chi connectivity index (χ3n) is 1.78. The number of hydrogen-bond acceptors (Lipinski definition) is 5. The van der Waals surface area contributed by atoms with Crippen molar-refractivity contribution in [2.45, 2.75) is 0 Å². The lowest BCUT2D eigenvalue weighted by Crippen LogP contribution is -2.09. The maximum Gasteiger partial charge on any atom is 0.366 e. The first-order chi connectivity index (χ1) is 7.66. The zero-order valence-corrected chi connectivity index (χ0v) is 8.01. The van der Waals surface area contributed by atoms with Crippen LogP contribution in [0, 0.1) is 5.82 Å². The zero-order chi connectivity index (χ0) is 11.5. The fraction of sp³-hybridized carbons (Fsp3) is 0. The molecule has 6 heteroatoms. The number of rotatable bonds is 2. The van der Waals surface area contributed by atoms with Gasteiger partial charge in [-0.25, -0.2) is 9.18 Å². The summed E-state index contributed by atoms with van der Waals surface area (Å²) in [7, 11) is 0. The number of para-hydroxylation sites is 1. The molecule has 0 radical (unpaired) electrons. The van der Waals surface area contributed by atoms with Crippen molar-refractivity contribution in [1.82, 2.24) is 5.16 Å². The van der Waals surface area contributed by atoms with E-state index in [1.165, 1.54) is 24.3 Å². The SMILES string of the molecule is Nc1cc(C(=O)Oc2ccccc2F)no1. The van der Waals surface area contributed by atoms with Gasteiger partial charge in [0.25, 0.3) is 0 Å². The first kappa shape index (κ1) is 10.2. The highest BCUT2D eigenvalue weighted by atomic mass is 19.1. The number of benzene rings is 1. The Morgan fingerprint density at radius 2 is 2.19 bits per heavy atom. The summed E-state index contributed by atoms with van der Waals surface area (Å²) >= 11 is 0. The Morgan fingerprint density at radius 3 is 2.81 bits per heavy atom. The van der Waals surface area contributed by atoms with Crippen molar-refractivity contribution in [1.29, 1.82) is 0 Å². The first-order valence-electron chi connectivity index (χ1n) is 4.36. The van der Waals surface area contributed by atoms with E-state index in [0.717, 1.165) is 0 Å². The first-order valence-corrected chi connectivity index (χ1v) is 4.36. The molecular formula is C10H7FN2O3. The molecule has 1 aromatic heterocycles. The minimum Gasteiger partial charge on any atom is -0.419 e. The molecule has 0 saturated carbocycles. The highest BCUT2D eigenvalue weighted by molar-refractivity contribution is 5.89. The van der Waals surface area contributed by atoms with Gasteiger partial charge in [-0.3, -0.25) is 0 Å². The normalized spacial score (nSPS) is 10.1. The molecule has 0 atom stereocenters. The third-order valence-corrected chi connectivity index (χ3v) is 1.78. The smallest absolute Gasteiger partial charge is 0.366 e. The fourth-order valence-electron chi connectivity index (χ4n) is 1.07. The van der Waals surface area contributed by atoms with Gasteiger partial charge in [0.15, 0.2) is 17.3 Å². The lowest BCUT2D eigenvalue weighted by atomic mass is 10.3. The second kappa shape index (κ2) is 4.01. The molecule has 2 aromatic rings. The van der Waals surface area contributed by atoms with Crippen molar-refractivity contribution < 1.29 is 18.4 Å². The summed E-state index contributed by atoms with van der Waals surface area (Å²) in [6, 6.07) is 6.74. The van der Waals surface area contributed by atoms with Crippen LogP contribution in [0.4, 0.5) is 10.3 Å². The van der Waals surface area contributed by atoms with E-state index >= 15 is 0 Å². The van der Waals surface area contributed by atoms with Gasteiger partial charge >= 0.3 is 5.97 Å². The summed E-state index contributed by atoms with van der Waals surface area (Å²) < 4.78 is 22.4. The molecule has 0 unspecified atom stereocenters. The van der Waals surface area contributed by atoms with E-state index in [4.69, 9.17) is 10.5 Å². The van der Waals surface area contributed by atoms with Crippen LogP contribution >= 0.6 is 0 Å². The predicted octanol–water partition coefficient (Wildman–Crippen LogP) is 1.62. The molecule has 0 saturated heterocycles. The van der Waals surface area contributed by atoms with Gasteiger partial charge in [-0.15, -0.1) is 0 Å². The molecule has 2 rings (SSSR count). The molecule has 1 heterocycles. The van der Waals surface area contributed by atoms with Crippen molar-refractivity contribution in [2.24, 2.45) is 0 Å². The van der Waals surface area contributed by atoms with E-state index in [-0.39, 0.29) is 17.3 Å². The van der Waals surface area contributed by atoms with Crippen LogP contribution in [0.15, 0.2) is 34.9 Å². The van der Waals surface area contributed by atoms with Gasteiger partial charge in [0.2, 0.25) is 5.88 Å². The van der Waals surface area contributed by atoms with Crippen LogP contribution in [0.3, 0.4) is 0 Å². The second-order valence-corrected chi connectivity index (χ2v) is 2.93. The van der Waals surface area contributed by atoms with Gasteiger partial charge in [0, 0.05) is 6.07 Å². The van der Waals surface area contributed by atoms with Crippen LogP contribution in [-0.4, -0.2) is 11.1 Å². The summed E-state index contributed by atoms with van der Waals surface area (Å²) in [6.07, 6.45) is 0. The number of esters is 1. The highest BCUT2D eigenvalue weighted by Gasteiger charge is 2.15. The molecule has 82 valence electrons. The summed E-state index contributed by atoms with van der Waals surface area (Å²) in [4.78, 5) is 11.4. The zero-order valence-electron chi connectivity index (χ0n) is 8.01. The van der Waals surface area contributed by atoms with Crippen molar-refractivity contribution in [3.63, 3.8) is 0 Å². The second-order valence-electron chi connectivity index (χ2n) is 2.93. The Kier molecular flexibility index (Phi) is 2.55. The van der Waals surface area contributed by atoms with E-state index in [2.05, 4.69) is 9.68 Å². The van der Waals surface area contributed by atoms with Crippen LogP contribution in [0.2, 0.25) is 0 Å². The van der Waals surface area contributed by atoms with Crippen molar-refractivity contribution in [3.05, 3.63) is 41.8 Å². The van der Waals surface area contributed by atoms with Crippen molar-refractivity contribution >= 4 is 11.9 Å². The number of anilines is 1. The molecule has 1 aromatic carbocycles. The largest absolute Gasteiger partial charge is 0.419 e. The topological polar surface area (TPSA) is 78.4 Å². The standard InChI is InChI=1S/C10H7FN2O3/c11-6-3-1-2-4-8(6)15-10(14)7-5-9(12)16-13-7/h1-5H,12H2. The maximum atomic E-state index is 13.1. The van der Waals surface area contributed by atoms with Gasteiger partial charge < -0.3 is 15.0 Å². The molecule has 0 aliphatic carbocycles. The number of carbonyl (C=O) groups excluding carboxylic acids is 1. The molecule has 0 spiro atoms. The van der Waals surface area contributed by atoms with E-state index in [9.17, 15) is 9.18 Å². The minimum atomic E-state index is -0.828. The lowest BCUT2D eigenvalue weighted by Gasteiger charge is -2.01. The molecule has 5 nitrogen and oxygen atoms in total. The van der Waals surface area contributed by atoms with Crippen LogP contribution in [0.25, 0.3) is 0 Å². The van der Waals surface area contributed by atoms with Crippen LogP contribution < -0.4 is 10.5 Å². The van der Waals surface area contributed by atoms with Crippen LogP contribution in [-0.2, 0) is 0 Å². The Labute approximate surface area is 89.6 Å². The minimum absolute atomic E-state index is 0.0134. The van der Waals surface area contributed by atoms with Gasteiger partial charge in [-0.2, -0.15) is 0 Å². The average Bonchev–Trinajstić information content (AvgIpc) is 2.68. The quantitative estimate of drug-likeness (QED) is 0.617. The third kappa shape index (κ3) is 2.00. The number of hydrogen-bond donors (Lipinski definition) is 1. The van der Waals surface area contributed by atoms with E-state index in [1.807, 2.05) is 0 Å². The highest BCUT2D eigenvalue weighted by Crippen LogP contribution is 2.17.